The third-order valence-corrected chi connectivity index (χ3v) is 4.56. The molecular formula is C17H29N3O2. The van der Waals surface area contributed by atoms with Gasteiger partial charge >= 0.3 is 0 Å². The molecule has 0 aliphatic heterocycles. The van der Waals surface area contributed by atoms with Gasteiger partial charge in [0.25, 0.3) is 0 Å². The third-order valence-electron chi connectivity index (χ3n) is 4.56. The Morgan fingerprint density at radius 3 is 2.68 bits per heavy atom. The normalized spacial score (nSPS) is 22.1. The summed E-state index contributed by atoms with van der Waals surface area (Å²) in [6.07, 6.45) is 6.34. The van der Waals surface area contributed by atoms with E-state index in [1.54, 1.807) is 32.4 Å². The van der Waals surface area contributed by atoms with Gasteiger partial charge in [-0.15, -0.1) is 0 Å². The van der Waals surface area contributed by atoms with E-state index in [1.807, 2.05) is 0 Å². The molecule has 0 aromatic carbocycles. The monoisotopic (exact) mass is 307 g/mol. The number of aliphatic imine (C=N–C) groups is 1. The summed E-state index contributed by atoms with van der Waals surface area (Å²) in [5, 5.41) is 17.1. The molecule has 1 aromatic heterocycles. The number of hydrogen-bond acceptors (Lipinski definition) is 3. The van der Waals surface area contributed by atoms with Crippen LogP contribution in [-0.4, -0.2) is 30.7 Å². The number of hydrogen-bond donors (Lipinski definition) is 3. The van der Waals surface area contributed by atoms with Crippen molar-refractivity contribution in [1.82, 2.24) is 10.6 Å². The Hall–Kier alpha value is -1.49. The van der Waals surface area contributed by atoms with Crippen molar-refractivity contribution in [3.8, 4) is 0 Å². The van der Waals surface area contributed by atoms with Gasteiger partial charge in [0.1, 0.15) is 11.4 Å². The van der Waals surface area contributed by atoms with Crippen LogP contribution in [0.1, 0.15) is 52.2 Å². The van der Waals surface area contributed by atoms with Crippen molar-refractivity contribution in [2.45, 2.75) is 58.1 Å². The molecule has 3 N–H and O–H groups in total. The van der Waals surface area contributed by atoms with Crippen molar-refractivity contribution in [3.63, 3.8) is 0 Å². The van der Waals surface area contributed by atoms with Crippen LogP contribution in [-0.2, 0) is 5.60 Å². The lowest BCUT2D eigenvalue weighted by Gasteiger charge is -2.35. The van der Waals surface area contributed by atoms with Crippen molar-refractivity contribution in [3.05, 3.63) is 24.2 Å². The second-order valence-corrected chi connectivity index (χ2v) is 7.26. The predicted molar refractivity (Wildman–Crippen MR) is 88.8 cm³/mol. The van der Waals surface area contributed by atoms with Gasteiger partial charge < -0.3 is 20.2 Å². The number of guanidine groups is 1. The predicted octanol–water partition coefficient (Wildman–Crippen LogP) is 2.62. The Labute approximate surface area is 133 Å². The molecule has 22 heavy (non-hydrogen) atoms. The van der Waals surface area contributed by atoms with Gasteiger partial charge in [-0.3, -0.25) is 4.99 Å². The standard InChI is InChI=1S/C17H29N3O2/c1-16(2)9-7-13(8-10-16)20-15(18-4)19-12-17(3,21)14-6-5-11-22-14/h5-6,11,13,21H,7-10,12H2,1-4H3,(H2,18,19,20). The molecule has 0 amide bonds. The number of aliphatic hydroxyl groups is 1. The fourth-order valence-corrected chi connectivity index (χ4v) is 2.86. The first kappa shape index (κ1) is 16.9. The molecule has 0 bridgehead atoms. The number of nitrogens with one attached hydrogen (secondary N) is 2. The lowest BCUT2D eigenvalue weighted by atomic mass is 9.75. The Balaban J connectivity index is 1.83. The molecule has 1 heterocycles. The van der Waals surface area contributed by atoms with E-state index < -0.39 is 5.60 Å². The molecule has 1 aliphatic rings. The zero-order chi connectivity index (χ0) is 16.2. The van der Waals surface area contributed by atoms with E-state index >= 15 is 0 Å². The second kappa shape index (κ2) is 6.73. The summed E-state index contributed by atoms with van der Waals surface area (Å²) in [7, 11) is 1.75. The molecule has 0 spiro atoms. The number of rotatable bonds is 4. The van der Waals surface area contributed by atoms with Crippen LogP contribution in [0.4, 0.5) is 0 Å². The molecule has 1 unspecified atom stereocenters. The quantitative estimate of drug-likeness (QED) is 0.591. The van der Waals surface area contributed by atoms with Crippen LogP contribution in [0.15, 0.2) is 27.8 Å². The molecule has 0 saturated heterocycles. The first-order chi connectivity index (χ1) is 10.3. The van der Waals surface area contributed by atoms with Crippen molar-refractivity contribution in [2.24, 2.45) is 10.4 Å². The molecule has 5 nitrogen and oxygen atoms in total. The van der Waals surface area contributed by atoms with E-state index in [1.165, 1.54) is 12.8 Å². The van der Waals surface area contributed by atoms with Gasteiger partial charge in [-0.05, 0) is 50.2 Å². The highest BCUT2D eigenvalue weighted by Gasteiger charge is 2.29. The van der Waals surface area contributed by atoms with Crippen molar-refractivity contribution in [1.29, 1.82) is 0 Å². The molecular weight excluding hydrogens is 278 g/mol. The Morgan fingerprint density at radius 1 is 1.45 bits per heavy atom. The Bertz CT molecular complexity index is 482. The van der Waals surface area contributed by atoms with Gasteiger partial charge in [0.15, 0.2) is 5.96 Å². The van der Waals surface area contributed by atoms with Crippen LogP contribution >= 0.6 is 0 Å². The summed E-state index contributed by atoms with van der Waals surface area (Å²) in [6.45, 7) is 6.74. The van der Waals surface area contributed by atoms with E-state index in [2.05, 4.69) is 29.5 Å². The van der Waals surface area contributed by atoms with E-state index in [0.717, 1.165) is 18.8 Å². The second-order valence-electron chi connectivity index (χ2n) is 7.26. The maximum absolute atomic E-state index is 10.5. The average molecular weight is 307 g/mol. The first-order valence-corrected chi connectivity index (χ1v) is 8.06. The number of furan rings is 1. The summed E-state index contributed by atoms with van der Waals surface area (Å²) in [5.41, 5.74) is -0.603. The van der Waals surface area contributed by atoms with Crippen LogP contribution in [0.2, 0.25) is 0 Å². The fraction of sp³-hybridized carbons (Fsp3) is 0.706. The van der Waals surface area contributed by atoms with Crippen molar-refractivity contribution >= 4 is 5.96 Å². The van der Waals surface area contributed by atoms with Gasteiger partial charge in [-0.25, -0.2) is 0 Å². The smallest absolute Gasteiger partial charge is 0.191 e. The Morgan fingerprint density at radius 2 is 2.14 bits per heavy atom. The van der Waals surface area contributed by atoms with E-state index in [4.69, 9.17) is 4.42 Å². The maximum atomic E-state index is 10.5. The molecule has 2 rings (SSSR count). The minimum absolute atomic E-state index is 0.346. The summed E-state index contributed by atoms with van der Waals surface area (Å²) in [4.78, 5) is 4.26. The summed E-state index contributed by atoms with van der Waals surface area (Å²) in [6, 6.07) is 4.01. The van der Waals surface area contributed by atoms with Crippen molar-refractivity contribution < 1.29 is 9.52 Å². The lowest BCUT2D eigenvalue weighted by Crippen LogP contribution is -2.49. The molecule has 5 heteroatoms. The van der Waals surface area contributed by atoms with Crippen LogP contribution in [0.25, 0.3) is 0 Å². The topological polar surface area (TPSA) is 69.8 Å². The third kappa shape index (κ3) is 4.50. The molecule has 1 aliphatic carbocycles. The van der Waals surface area contributed by atoms with Gasteiger partial charge in [-0.1, -0.05) is 13.8 Å². The van der Waals surface area contributed by atoms with Crippen LogP contribution in [0.3, 0.4) is 0 Å². The van der Waals surface area contributed by atoms with E-state index in [9.17, 15) is 5.11 Å². The maximum Gasteiger partial charge on any atom is 0.191 e. The zero-order valence-electron chi connectivity index (χ0n) is 14.1. The van der Waals surface area contributed by atoms with Gasteiger partial charge in [0.05, 0.1) is 12.8 Å². The summed E-state index contributed by atoms with van der Waals surface area (Å²) < 4.78 is 5.29. The molecule has 1 aromatic rings. The highest BCUT2D eigenvalue weighted by atomic mass is 16.4. The molecule has 0 radical (unpaired) electrons. The molecule has 1 atom stereocenters. The highest BCUT2D eigenvalue weighted by Crippen LogP contribution is 2.34. The first-order valence-electron chi connectivity index (χ1n) is 8.06. The highest BCUT2D eigenvalue weighted by molar-refractivity contribution is 5.80. The summed E-state index contributed by atoms with van der Waals surface area (Å²) in [5.74, 6) is 1.28. The summed E-state index contributed by atoms with van der Waals surface area (Å²) >= 11 is 0. The zero-order valence-corrected chi connectivity index (χ0v) is 14.1. The molecule has 1 fully saturated rings. The van der Waals surface area contributed by atoms with Crippen LogP contribution < -0.4 is 10.6 Å². The minimum Gasteiger partial charge on any atom is -0.466 e. The fourth-order valence-electron chi connectivity index (χ4n) is 2.86. The van der Waals surface area contributed by atoms with E-state index in [0.29, 0.717) is 23.8 Å². The van der Waals surface area contributed by atoms with Gasteiger partial charge in [0.2, 0.25) is 0 Å². The SMILES string of the molecule is CN=C(NCC(C)(O)c1ccco1)NC1CCC(C)(C)CC1. The van der Waals surface area contributed by atoms with E-state index in [-0.39, 0.29) is 0 Å². The van der Waals surface area contributed by atoms with Crippen LogP contribution in [0.5, 0.6) is 0 Å². The molecule has 1 saturated carbocycles. The largest absolute Gasteiger partial charge is 0.466 e. The molecule has 124 valence electrons. The van der Waals surface area contributed by atoms with Crippen LogP contribution in [0, 0.1) is 5.41 Å². The lowest BCUT2D eigenvalue weighted by molar-refractivity contribution is 0.0385. The minimum atomic E-state index is -1.06. The Kier molecular flexibility index (Phi) is 5.16. The van der Waals surface area contributed by atoms with Gasteiger partial charge in [0, 0.05) is 13.1 Å². The van der Waals surface area contributed by atoms with Crippen molar-refractivity contribution in [2.75, 3.05) is 13.6 Å². The average Bonchev–Trinajstić information content (AvgIpc) is 3.00. The van der Waals surface area contributed by atoms with Gasteiger partial charge in [-0.2, -0.15) is 0 Å². The number of nitrogens with zero attached hydrogens (tertiary/aromatic N) is 1.